The topological polar surface area (TPSA) is 98.9 Å². The van der Waals surface area contributed by atoms with Crippen molar-refractivity contribution in [2.45, 2.75) is 18.1 Å². The molecule has 0 unspecified atom stereocenters. The van der Waals surface area contributed by atoms with E-state index < -0.39 is 23.1 Å². The van der Waals surface area contributed by atoms with Crippen LogP contribution >= 0.6 is 23.1 Å². The molecule has 1 aromatic heterocycles. The molecule has 0 bridgehead atoms. The zero-order valence-corrected chi connectivity index (χ0v) is 15.4. The Morgan fingerprint density at radius 3 is 2.40 bits per heavy atom. The van der Waals surface area contributed by atoms with Gasteiger partial charge in [-0.2, -0.15) is 0 Å². The van der Waals surface area contributed by atoms with Crippen LogP contribution in [0.4, 0.5) is 0 Å². The second-order valence-corrected chi connectivity index (χ2v) is 7.69. The van der Waals surface area contributed by atoms with Crippen LogP contribution in [0.2, 0.25) is 0 Å². The fourth-order valence-corrected chi connectivity index (χ4v) is 4.89. The normalized spacial score (nSPS) is 23.0. The van der Waals surface area contributed by atoms with Gasteiger partial charge in [-0.1, -0.05) is 17.8 Å². The van der Waals surface area contributed by atoms with E-state index in [-0.39, 0.29) is 22.9 Å². The first-order chi connectivity index (χ1) is 11.9. The predicted octanol–water partition coefficient (Wildman–Crippen LogP) is 1.54. The van der Waals surface area contributed by atoms with Gasteiger partial charge in [0.05, 0.1) is 41.6 Å². The third-order valence-electron chi connectivity index (χ3n) is 4.02. The number of ether oxygens (including phenoxy) is 2. The first-order valence-electron chi connectivity index (χ1n) is 7.36. The van der Waals surface area contributed by atoms with Gasteiger partial charge < -0.3 is 15.2 Å². The van der Waals surface area contributed by atoms with Gasteiger partial charge >= 0.3 is 11.9 Å². The molecule has 2 N–H and O–H groups in total. The molecule has 0 radical (unpaired) electrons. The molecule has 1 amide bonds. The minimum absolute atomic E-state index is 0.00486. The molecule has 2 atom stereocenters. The predicted molar refractivity (Wildman–Crippen MR) is 93.2 cm³/mol. The lowest BCUT2D eigenvalue weighted by atomic mass is 9.86. The Morgan fingerprint density at radius 2 is 1.84 bits per heavy atom. The molecule has 0 saturated carbocycles. The maximum atomic E-state index is 12.5. The average molecular weight is 380 g/mol. The van der Waals surface area contributed by atoms with Gasteiger partial charge in [-0.05, 0) is 18.4 Å². The molecule has 3 heterocycles. The van der Waals surface area contributed by atoms with Crippen LogP contribution in [0.1, 0.15) is 17.7 Å². The number of carbonyl (C=O) groups is 3. The van der Waals surface area contributed by atoms with E-state index in [9.17, 15) is 14.4 Å². The number of amides is 1. The zero-order valence-electron chi connectivity index (χ0n) is 13.8. The third kappa shape index (κ3) is 2.63. The standard InChI is InChI=1S/C16H16N2O5S2/c1-7-13(19)18-12(17)10(15(20)22-2)9(8-5-4-6-24-8)11(14(18)25-7)16(21)23-3/h4-7,9H,17H2,1-3H3/t7-,9+/m0/s1. The van der Waals surface area contributed by atoms with E-state index in [1.807, 2.05) is 11.4 Å². The summed E-state index contributed by atoms with van der Waals surface area (Å²) in [5, 5.41) is 1.82. The van der Waals surface area contributed by atoms with Gasteiger partial charge in [-0.3, -0.25) is 9.69 Å². The first kappa shape index (κ1) is 17.6. The number of nitrogens with two attached hydrogens (primary N) is 1. The number of hydrogen-bond acceptors (Lipinski definition) is 8. The molecule has 0 aromatic carbocycles. The van der Waals surface area contributed by atoms with Crippen molar-refractivity contribution in [2.24, 2.45) is 5.73 Å². The van der Waals surface area contributed by atoms with Crippen molar-refractivity contribution in [1.82, 2.24) is 4.90 Å². The monoisotopic (exact) mass is 380 g/mol. The van der Waals surface area contributed by atoms with Crippen molar-refractivity contribution < 1.29 is 23.9 Å². The Morgan fingerprint density at radius 1 is 1.20 bits per heavy atom. The van der Waals surface area contributed by atoms with Gasteiger partial charge in [0.25, 0.3) is 0 Å². The van der Waals surface area contributed by atoms with Crippen LogP contribution in [0, 0.1) is 0 Å². The molecule has 25 heavy (non-hydrogen) atoms. The van der Waals surface area contributed by atoms with E-state index in [2.05, 4.69) is 0 Å². The highest BCUT2D eigenvalue weighted by Gasteiger charge is 2.49. The second kappa shape index (κ2) is 6.57. The molecule has 0 spiro atoms. The van der Waals surface area contributed by atoms with Crippen molar-refractivity contribution in [1.29, 1.82) is 0 Å². The summed E-state index contributed by atoms with van der Waals surface area (Å²) < 4.78 is 9.80. The summed E-state index contributed by atoms with van der Waals surface area (Å²) in [6.45, 7) is 1.72. The van der Waals surface area contributed by atoms with E-state index in [1.54, 1.807) is 13.0 Å². The minimum Gasteiger partial charge on any atom is -0.466 e. The third-order valence-corrected chi connectivity index (χ3v) is 6.14. The number of rotatable bonds is 3. The molecular formula is C16H16N2O5S2. The highest BCUT2D eigenvalue weighted by atomic mass is 32.2. The van der Waals surface area contributed by atoms with Gasteiger partial charge in [-0.15, -0.1) is 11.3 Å². The van der Waals surface area contributed by atoms with E-state index in [0.29, 0.717) is 5.03 Å². The molecular weight excluding hydrogens is 364 g/mol. The summed E-state index contributed by atoms with van der Waals surface area (Å²) in [6.07, 6.45) is 0. The van der Waals surface area contributed by atoms with E-state index in [0.717, 1.165) is 4.88 Å². The first-order valence-corrected chi connectivity index (χ1v) is 9.12. The second-order valence-electron chi connectivity index (χ2n) is 5.38. The van der Waals surface area contributed by atoms with Crippen LogP contribution in [0.5, 0.6) is 0 Å². The van der Waals surface area contributed by atoms with Crippen LogP contribution in [0.15, 0.2) is 39.5 Å². The van der Waals surface area contributed by atoms with E-state index >= 15 is 0 Å². The Kier molecular flexibility index (Phi) is 4.61. The SMILES string of the molecule is COC(=O)C1=C(N)N2C(=O)[C@H](C)SC2=C(C(=O)OC)[C@@H]1c1cccs1. The number of carbonyl (C=O) groups excluding carboxylic acids is 3. The van der Waals surface area contributed by atoms with Crippen LogP contribution < -0.4 is 5.73 Å². The summed E-state index contributed by atoms with van der Waals surface area (Å²) in [4.78, 5) is 39.5. The molecule has 1 fully saturated rings. The molecule has 7 nitrogen and oxygen atoms in total. The zero-order chi connectivity index (χ0) is 18.3. The van der Waals surface area contributed by atoms with Gasteiger partial charge in [0.2, 0.25) is 5.91 Å². The van der Waals surface area contributed by atoms with Crippen molar-refractivity contribution in [3.8, 4) is 0 Å². The summed E-state index contributed by atoms with van der Waals surface area (Å²) >= 11 is 2.61. The Labute approximate surface area is 152 Å². The van der Waals surface area contributed by atoms with E-state index in [4.69, 9.17) is 15.2 Å². The van der Waals surface area contributed by atoms with Crippen LogP contribution in [-0.4, -0.2) is 42.2 Å². The number of thioether (sulfide) groups is 1. The summed E-state index contributed by atoms with van der Waals surface area (Å²) in [7, 11) is 2.49. The maximum absolute atomic E-state index is 12.5. The molecule has 9 heteroatoms. The summed E-state index contributed by atoms with van der Waals surface area (Å²) in [5.74, 6) is -2.33. The number of fused-ring (bicyclic) bond motifs is 1. The van der Waals surface area contributed by atoms with Crippen LogP contribution in [0.3, 0.4) is 0 Å². The largest absolute Gasteiger partial charge is 0.466 e. The molecule has 1 saturated heterocycles. The number of thiophene rings is 1. The van der Waals surface area contributed by atoms with Gasteiger partial charge in [-0.25, -0.2) is 9.59 Å². The lowest BCUT2D eigenvalue weighted by molar-refractivity contribution is -0.137. The smallest absolute Gasteiger partial charge is 0.338 e. The maximum Gasteiger partial charge on any atom is 0.338 e. The Hall–Kier alpha value is -2.26. The molecule has 2 aliphatic rings. The lowest BCUT2D eigenvalue weighted by Crippen LogP contribution is -2.39. The van der Waals surface area contributed by atoms with Crippen molar-refractivity contribution in [2.75, 3.05) is 14.2 Å². The van der Waals surface area contributed by atoms with Crippen molar-refractivity contribution in [3.05, 3.63) is 44.4 Å². The Balaban J connectivity index is 2.31. The Bertz CT molecular complexity index is 813. The molecule has 0 aliphatic carbocycles. The molecule has 1 aromatic rings. The highest BCUT2D eigenvalue weighted by Crippen LogP contribution is 2.50. The lowest BCUT2D eigenvalue weighted by Gasteiger charge is -2.32. The minimum atomic E-state index is -0.739. The summed E-state index contributed by atoms with van der Waals surface area (Å²) in [5.41, 5.74) is 6.47. The fourth-order valence-electron chi connectivity index (χ4n) is 2.89. The highest BCUT2D eigenvalue weighted by molar-refractivity contribution is 8.04. The number of nitrogens with zero attached hydrogens (tertiary/aromatic N) is 1. The number of methoxy groups -OCH3 is 2. The number of hydrogen-bond donors (Lipinski definition) is 1. The van der Waals surface area contributed by atoms with Gasteiger partial charge in [0, 0.05) is 4.88 Å². The average Bonchev–Trinajstić information content (AvgIpc) is 3.22. The fraction of sp³-hybridized carbons (Fsp3) is 0.312. The molecule has 132 valence electrons. The van der Waals surface area contributed by atoms with Crippen molar-refractivity contribution >= 4 is 40.9 Å². The number of esters is 2. The van der Waals surface area contributed by atoms with Gasteiger partial charge in [0.1, 0.15) is 5.82 Å². The van der Waals surface area contributed by atoms with Crippen LogP contribution in [0.25, 0.3) is 0 Å². The van der Waals surface area contributed by atoms with E-state index in [1.165, 1.54) is 42.2 Å². The molecule has 3 rings (SSSR count). The van der Waals surface area contributed by atoms with Gasteiger partial charge in [0.15, 0.2) is 0 Å². The summed E-state index contributed by atoms with van der Waals surface area (Å²) in [6, 6.07) is 3.61. The van der Waals surface area contributed by atoms with Crippen molar-refractivity contribution in [3.63, 3.8) is 0 Å². The van der Waals surface area contributed by atoms with Crippen LogP contribution in [-0.2, 0) is 23.9 Å². The quantitative estimate of drug-likeness (QED) is 0.794. The molecule has 2 aliphatic heterocycles.